The third-order valence-corrected chi connectivity index (χ3v) is 6.76. The Morgan fingerprint density at radius 2 is 2.03 bits per heavy atom. The predicted molar refractivity (Wildman–Crippen MR) is 128 cm³/mol. The van der Waals surface area contributed by atoms with Crippen LogP contribution in [0.5, 0.6) is 0 Å². The Labute approximate surface area is 194 Å². The van der Waals surface area contributed by atoms with Gasteiger partial charge in [-0.15, -0.1) is 0 Å². The number of nitrogens with one attached hydrogen (secondary N) is 1. The van der Waals surface area contributed by atoms with E-state index < -0.39 is 0 Å². The first-order chi connectivity index (χ1) is 15.7. The van der Waals surface area contributed by atoms with Gasteiger partial charge in [0.25, 0.3) is 0 Å². The summed E-state index contributed by atoms with van der Waals surface area (Å²) in [6.45, 7) is 2.17. The van der Waals surface area contributed by atoms with Crippen molar-refractivity contribution < 1.29 is 9.53 Å². The van der Waals surface area contributed by atoms with E-state index in [0.29, 0.717) is 11.7 Å². The molecule has 1 N–H and O–H groups in total. The van der Waals surface area contributed by atoms with E-state index in [1.165, 1.54) is 0 Å². The topological polar surface area (TPSA) is 72.3 Å². The molecule has 0 spiro atoms. The molecule has 1 fully saturated rings. The third kappa shape index (κ3) is 3.74. The first kappa shape index (κ1) is 20.6. The number of fused-ring (bicyclic) bond motifs is 1. The van der Waals surface area contributed by atoms with E-state index in [2.05, 4.69) is 20.9 Å². The number of hydrogen-bond donors (Lipinski definition) is 1. The minimum atomic E-state index is -0.318. The fourth-order valence-electron chi connectivity index (χ4n) is 4.02. The van der Waals surface area contributed by atoms with E-state index in [4.69, 9.17) is 21.9 Å². The largest absolute Gasteiger partial charge is 0.465 e. The van der Waals surface area contributed by atoms with Crippen molar-refractivity contribution in [3.8, 4) is 5.13 Å². The van der Waals surface area contributed by atoms with Crippen molar-refractivity contribution in [1.82, 2.24) is 24.8 Å². The van der Waals surface area contributed by atoms with Gasteiger partial charge in [-0.2, -0.15) is 0 Å². The van der Waals surface area contributed by atoms with Crippen molar-refractivity contribution in [3.05, 3.63) is 78.4 Å². The molecule has 0 unspecified atom stereocenters. The van der Waals surface area contributed by atoms with E-state index >= 15 is 0 Å². The van der Waals surface area contributed by atoms with Gasteiger partial charge >= 0.3 is 5.97 Å². The standard InChI is InChI=1S/C23H21N5O2S2/c1-2-30-19(29)14-28-21(20(26-22(28)31)16-9-5-6-12-24-16)17-10-7-13-27(17)23-25-15-8-3-4-11-18(15)32-23/h3-13,20-21H,2,14H2,1H3,(H,26,31)/t20-,21-/m0/s1. The molecule has 2 atom stereocenters. The maximum atomic E-state index is 12.4. The van der Waals surface area contributed by atoms with Crippen LogP contribution in [0.15, 0.2) is 67.0 Å². The lowest BCUT2D eigenvalue weighted by Crippen LogP contribution is -2.36. The van der Waals surface area contributed by atoms with Crippen molar-refractivity contribution in [2.75, 3.05) is 13.2 Å². The smallest absolute Gasteiger partial charge is 0.325 e. The van der Waals surface area contributed by atoms with Crippen LogP contribution >= 0.6 is 23.6 Å². The Kier molecular flexibility index (Phi) is 5.59. The van der Waals surface area contributed by atoms with Crippen LogP contribution in [0.3, 0.4) is 0 Å². The van der Waals surface area contributed by atoms with E-state index in [0.717, 1.165) is 26.7 Å². The molecule has 162 valence electrons. The van der Waals surface area contributed by atoms with E-state index in [1.807, 2.05) is 59.6 Å². The maximum Gasteiger partial charge on any atom is 0.325 e. The number of carbonyl (C=O) groups excluding carboxylic acids is 1. The normalized spacial score (nSPS) is 18.2. The molecule has 7 nitrogen and oxygen atoms in total. The van der Waals surface area contributed by atoms with Crippen LogP contribution in [0.1, 0.15) is 30.4 Å². The van der Waals surface area contributed by atoms with E-state index in [1.54, 1.807) is 24.5 Å². The summed E-state index contributed by atoms with van der Waals surface area (Å²) in [6.07, 6.45) is 3.75. The number of nitrogens with zero attached hydrogens (tertiary/aromatic N) is 4. The molecule has 0 bridgehead atoms. The Hall–Kier alpha value is -3.30. The van der Waals surface area contributed by atoms with Gasteiger partial charge < -0.3 is 15.0 Å². The van der Waals surface area contributed by atoms with Crippen LogP contribution in [0.25, 0.3) is 15.3 Å². The molecule has 1 aliphatic rings. The summed E-state index contributed by atoms with van der Waals surface area (Å²) < 4.78 is 8.40. The van der Waals surface area contributed by atoms with Gasteiger partial charge in [0.1, 0.15) is 6.54 Å². The Morgan fingerprint density at radius 3 is 2.81 bits per heavy atom. The molecule has 0 aliphatic carbocycles. The number of esters is 1. The molecule has 3 aromatic heterocycles. The fraction of sp³-hybridized carbons (Fsp3) is 0.217. The van der Waals surface area contributed by atoms with Crippen molar-refractivity contribution in [3.63, 3.8) is 0 Å². The molecule has 32 heavy (non-hydrogen) atoms. The summed E-state index contributed by atoms with van der Waals surface area (Å²) in [4.78, 5) is 23.6. The van der Waals surface area contributed by atoms with Gasteiger partial charge in [-0.3, -0.25) is 14.3 Å². The minimum Gasteiger partial charge on any atom is -0.465 e. The molecule has 1 aromatic carbocycles. The second-order valence-corrected chi connectivity index (χ2v) is 8.72. The molecule has 9 heteroatoms. The highest BCUT2D eigenvalue weighted by atomic mass is 32.1. The van der Waals surface area contributed by atoms with E-state index in [-0.39, 0.29) is 24.6 Å². The zero-order valence-corrected chi connectivity index (χ0v) is 19.0. The lowest BCUT2D eigenvalue weighted by Gasteiger charge is -2.27. The number of rotatable bonds is 6. The van der Waals surface area contributed by atoms with Crippen LogP contribution < -0.4 is 5.32 Å². The van der Waals surface area contributed by atoms with Crippen LogP contribution in [-0.2, 0) is 9.53 Å². The Bertz CT molecular complexity index is 1240. The summed E-state index contributed by atoms with van der Waals surface area (Å²) in [5.74, 6) is -0.318. The fourth-order valence-corrected chi connectivity index (χ4v) is 5.29. The molecule has 0 amide bonds. The van der Waals surface area contributed by atoms with E-state index in [9.17, 15) is 4.79 Å². The maximum absolute atomic E-state index is 12.4. The van der Waals surface area contributed by atoms with Crippen molar-refractivity contribution in [2.45, 2.75) is 19.0 Å². The first-order valence-corrected chi connectivity index (χ1v) is 11.5. The number of hydrogen-bond acceptors (Lipinski definition) is 6. The first-order valence-electron chi connectivity index (χ1n) is 10.3. The quantitative estimate of drug-likeness (QED) is 0.342. The summed E-state index contributed by atoms with van der Waals surface area (Å²) in [6, 6.07) is 17.4. The number of pyridine rings is 1. The van der Waals surface area contributed by atoms with Gasteiger partial charge in [0.05, 0.1) is 40.3 Å². The van der Waals surface area contributed by atoms with Crippen LogP contribution in [0.4, 0.5) is 0 Å². The summed E-state index contributed by atoms with van der Waals surface area (Å²) in [5.41, 5.74) is 2.77. The minimum absolute atomic E-state index is 0.0543. The second kappa shape index (κ2) is 8.68. The highest BCUT2D eigenvalue weighted by Crippen LogP contribution is 2.40. The average Bonchev–Trinajstić information content (AvgIpc) is 3.51. The molecular weight excluding hydrogens is 442 g/mol. The van der Waals surface area contributed by atoms with Crippen molar-refractivity contribution >= 4 is 44.9 Å². The highest BCUT2D eigenvalue weighted by molar-refractivity contribution is 7.80. The Balaban J connectivity index is 1.59. The molecule has 1 aliphatic heterocycles. The number of thiazole rings is 1. The molecule has 1 saturated heterocycles. The molecule has 0 saturated carbocycles. The number of carbonyl (C=O) groups is 1. The molecular formula is C23H21N5O2S2. The molecule has 5 rings (SSSR count). The number of thiocarbonyl (C=S) groups is 1. The van der Waals surface area contributed by atoms with Gasteiger partial charge in [0.2, 0.25) is 0 Å². The highest BCUT2D eigenvalue weighted by Gasteiger charge is 2.42. The number of para-hydroxylation sites is 1. The number of aromatic nitrogens is 3. The molecule has 4 aromatic rings. The van der Waals surface area contributed by atoms with Crippen LogP contribution in [0.2, 0.25) is 0 Å². The van der Waals surface area contributed by atoms with Crippen molar-refractivity contribution in [2.24, 2.45) is 0 Å². The Morgan fingerprint density at radius 1 is 1.19 bits per heavy atom. The van der Waals surface area contributed by atoms with Crippen LogP contribution in [-0.4, -0.2) is 43.7 Å². The summed E-state index contributed by atoms with van der Waals surface area (Å²) in [5, 5.41) is 4.73. The van der Waals surface area contributed by atoms with Gasteiger partial charge in [-0.25, -0.2) is 4.98 Å². The van der Waals surface area contributed by atoms with Gasteiger partial charge in [-0.05, 0) is 55.5 Å². The summed E-state index contributed by atoms with van der Waals surface area (Å²) >= 11 is 7.26. The second-order valence-electron chi connectivity index (χ2n) is 7.33. The number of ether oxygens (including phenoxy) is 1. The average molecular weight is 464 g/mol. The molecule has 0 radical (unpaired) electrons. The SMILES string of the molecule is CCOC(=O)CN1C(=S)N[C@@H](c2ccccn2)[C@@H]1c1cccn1-c1nc2ccccc2s1. The van der Waals surface area contributed by atoms with Crippen molar-refractivity contribution in [1.29, 1.82) is 0 Å². The van der Waals surface area contributed by atoms with Gasteiger partial charge in [0, 0.05) is 12.4 Å². The number of benzene rings is 1. The van der Waals surface area contributed by atoms with Gasteiger partial charge in [0.15, 0.2) is 10.2 Å². The van der Waals surface area contributed by atoms with Gasteiger partial charge in [-0.1, -0.05) is 29.5 Å². The predicted octanol–water partition coefficient (Wildman–Crippen LogP) is 4.02. The zero-order valence-electron chi connectivity index (χ0n) is 17.3. The van der Waals surface area contributed by atoms with Crippen LogP contribution in [0, 0.1) is 0 Å². The monoisotopic (exact) mass is 463 g/mol. The molecule has 4 heterocycles. The lowest BCUT2D eigenvalue weighted by atomic mass is 10.0. The summed E-state index contributed by atoms with van der Waals surface area (Å²) in [7, 11) is 0. The third-order valence-electron chi connectivity index (χ3n) is 5.37. The lowest BCUT2D eigenvalue weighted by molar-refractivity contribution is -0.143. The zero-order chi connectivity index (χ0) is 22.1.